The molecule has 7 rings (SSSR count). The summed E-state index contributed by atoms with van der Waals surface area (Å²) in [6.45, 7) is 0. The topological polar surface area (TPSA) is 25.8 Å². The van der Waals surface area contributed by atoms with Gasteiger partial charge in [-0.25, -0.2) is 9.97 Å². The molecule has 2 nitrogen and oxygen atoms in total. The summed E-state index contributed by atoms with van der Waals surface area (Å²) < 4.78 is 0. The number of aromatic nitrogens is 2. The molecule has 0 aliphatic rings. The van der Waals surface area contributed by atoms with Gasteiger partial charge in [-0.3, -0.25) is 0 Å². The molecule has 0 amide bonds. The first kappa shape index (κ1) is 22.1. The minimum Gasteiger partial charge on any atom is -0.228 e. The van der Waals surface area contributed by atoms with Gasteiger partial charge in [0.05, 0.1) is 11.4 Å². The Labute approximate surface area is 221 Å². The van der Waals surface area contributed by atoms with E-state index in [1.807, 2.05) is 24.3 Å². The van der Waals surface area contributed by atoms with Crippen LogP contribution in [0.3, 0.4) is 0 Å². The van der Waals surface area contributed by atoms with Gasteiger partial charge in [0.1, 0.15) is 0 Å². The van der Waals surface area contributed by atoms with Crippen LogP contribution in [0.1, 0.15) is 0 Å². The van der Waals surface area contributed by atoms with E-state index in [9.17, 15) is 0 Å². The van der Waals surface area contributed by atoms with E-state index in [-0.39, 0.29) is 0 Å². The Bertz CT molecular complexity index is 1890. The molecule has 0 unspecified atom stereocenters. The molecule has 1 aromatic heterocycles. The van der Waals surface area contributed by atoms with Crippen LogP contribution >= 0.6 is 0 Å². The van der Waals surface area contributed by atoms with Crippen LogP contribution in [-0.4, -0.2) is 9.97 Å². The van der Waals surface area contributed by atoms with Crippen LogP contribution in [-0.2, 0) is 0 Å². The highest BCUT2D eigenvalue weighted by Gasteiger charge is 2.12. The highest BCUT2D eigenvalue weighted by Crippen LogP contribution is 2.32. The number of nitrogens with zero attached hydrogens (tertiary/aromatic N) is 2. The standard InChI is InChI=1S/C36H24N2/c1-3-9-25(10-4-1)26-15-18-29(19-16-26)36-37-34(28-12-5-2-6-13-28)24-35(38-36)31-21-22-33-30(23-31)20-17-27-11-7-8-14-32(27)33/h1-24H. The Morgan fingerprint density at radius 1 is 0.316 bits per heavy atom. The van der Waals surface area contributed by atoms with Gasteiger partial charge in [0, 0.05) is 16.7 Å². The summed E-state index contributed by atoms with van der Waals surface area (Å²) >= 11 is 0. The lowest BCUT2D eigenvalue weighted by atomic mass is 9.98. The zero-order valence-corrected chi connectivity index (χ0v) is 20.8. The number of hydrogen-bond acceptors (Lipinski definition) is 2. The summed E-state index contributed by atoms with van der Waals surface area (Å²) in [5.74, 6) is 0.722. The van der Waals surface area contributed by atoms with Crippen molar-refractivity contribution in [2.45, 2.75) is 0 Å². The fourth-order valence-corrected chi connectivity index (χ4v) is 5.10. The maximum absolute atomic E-state index is 5.06. The van der Waals surface area contributed by atoms with E-state index in [4.69, 9.17) is 9.97 Å². The van der Waals surface area contributed by atoms with Crippen LogP contribution in [0.2, 0.25) is 0 Å². The predicted octanol–water partition coefficient (Wildman–Crippen LogP) is 9.45. The largest absolute Gasteiger partial charge is 0.228 e. The molecule has 0 aliphatic carbocycles. The molecule has 38 heavy (non-hydrogen) atoms. The molecule has 7 aromatic rings. The van der Waals surface area contributed by atoms with E-state index < -0.39 is 0 Å². The molecule has 0 saturated heterocycles. The molecule has 0 bridgehead atoms. The van der Waals surface area contributed by atoms with Crippen molar-refractivity contribution in [2.24, 2.45) is 0 Å². The Kier molecular flexibility index (Phi) is 5.49. The average Bonchev–Trinajstić information content (AvgIpc) is 3.01. The Morgan fingerprint density at radius 2 is 0.842 bits per heavy atom. The van der Waals surface area contributed by atoms with E-state index in [1.54, 1.807) is 0 Å². The van der Waals surface area contributed by atoms with Gasteiger partial charge in [-0.15, -0.1) is 0 Å². The quantitative estimate of drug-likeness (QED) is 0.233. The monoisotopic (exact) mass is 484 g/mol. The van der Waals surface area contributed by atoms with Crippen LogP contribution in [0.5, 0.6) is 0 Å². The average molecular weight is 485 g/mol. The maximum atomic E-state index is 5.06. The first-order valence-electron chi connectivity index (χ1n) is 12.8. The zero-order chi connectivity index (χ0) is 25.3. The first-order chi connectivity index (χ1) is 18.8. The lowest BCUT2D eigenvalue weighted by Crippen LogP contribution is -1.96. The molecule has 0 aliphatic heterocycles. The minimum absolute atomic E-state index is 0.722. The summed E-state index contributed by atoms with van der Waals surface area (Å²) in [5, 5.41) is 4.97. The number of hydrogen-bond donors (Lipinski definition) is 0. The van der Waals surface area contributed by atoms with Crippen LogP contribution < -0.4 is 0 Å². The van der Waals surface area contributed by atoms with E-state index in [0.29, 0.717) is 0 Å². The molecule has 0 N–H and O–H groups in total. The zero-order valence-electron chi connectivity index (χ0n) is 20.8. The van der Waals surface area contributed by atoms with E-state index in [1.165, 1.54) is 32.7 Å². The highest BCUT2D eigenvalue weighted by atomic mass is 14.9. The van der Waals surface area contributed by atoms with Crippen LogP contribution in [0.4, 0.5) is 0 Å². The van der Waals surface area contributed by atoms with Crippen molar-refractivity contribution in [1.29, 1.82) is 0 Å². The molecule has 2 heteroatoms. The van der Waals surface area contributed by atoms with Crippen molar-refractivity contribution in [3.63, 3.8) is 0 Å². The van der Waals surface area contributed by atoms with Gasteiger partial charge < -0.3 is 0 Å². The van der Waals surface area contributed by atoms with Crippen molar-refractivity contribution in [1.82, 2.24) is 9.97 Å². The van der Waals surface area contributed by atoms with Gasteiger partial charge >= 0.3 is 0 Å². The lowest BCUT2D eigenvalue weighted by molar-refractivity contribution is 1.18. The van der Waals surface area contributed by atoms with Gasteiger partial charge in [-0.05, 0) is 44.8 Å². The van der Waals surface area contributed by atoms with Crippen LogP contribution in [0, 0.1) is 0 Å². The van der Waals surface area contributed by atoms with Crippen LogP contribution in [0.25, 0.3) is 66.6 Å². The number of fused-ring (bicyclic) bond motifs is 3. The minimum atomic E-state index is 0.722. The molecule has 178 valence electrons. The van der Waals surface area contributed by atoms with Gasteiger partial charge in [-0.2, -0.15) is 0 Å². The summed E-state index contributed by atoms with van der Waals surface area (Å²) in [7, 11) is 0. The third-order valence-corrected chi connectivity index (χ3v) is 7.09. The Morgan fingerprint density at radius 3 is 1.61 bits per heavy atom. The summed E-state index contributed by atoms with van der Waals surface area (Å²) in [6.07, 6.45) is 0. The van der Waals surface area contributed by atoms with Gasteiger partial charge in [0.2, 0.25) is 0 Å². The molecule has 1 heterocycles. The molecule has 0 atom stereocenters. The van der Waals surface area contributed by atoms with Crippen LogP contribution in [0.15, 0.2) is 146 Å². The third kappa shape index (κ3) is 4.12. The number of benzene rings is 6. The summed E-state index contributed by atoms with van der Waals surface area (Å²) in [5.41, 5.74) is 7.35. The lowest BCUT2D eigenvalue weighted by Gasteiger charge is -2.11. The normalized spacial score (nSPS) is 11.2. The molecular formula is C36H24N2. The second kappa shape index (κ2) is 9.42. The Hall–Kier alpha value is -5.08. The Balaban J connectivity index is 1.36. The van der Waals surface area contributed by atoms with Gasteiger partial charge in [-0.1, -0.05) is 133 Å². The summed E-state index contributed by atoms with van der Waals surface area (Å²) in [6, 6.07) is 50.9. The third-order valence-electron chi connectivity index (χ3n) is 7.09. The smallest absolute Gasteiger partial charge is 0.160 e. The second-order valence-electron chi connectivity index (χ2n) is 9.49. The van der Waals surface area contributed by atoms with E-state index in [0.717, 1.165) is 33.9 Å². The number of rotatable bonds is 4. The van der Waals surface area contributed by atoms with Crippen molar-refractivity contribution in [3.8, 4) is 45.0 Å². The van der Waals surface area contributed by atoms with Gasteiger partial charge in [0.25, 0.3) is 0 Å². The maximum Gasteiger partial charge on any atom is 0.160 e. The molecule has 0 radical (unpaired) electrons. The predicted molar refractivity (Wildman–Crippen MR) is 159 cm³/mol. The molecular weight excluding hydrogens is 460 g/mol. The first-order valence-corrected chi connectivity index (χ1v) is 12.8. The fraction of sp³-hybridized carbons (Fsp3) is 0. The second-order valence-corrected chi connectivity index (χ2v) is 9.49. The SMILES string of the molecule is c1ccc(-c2ccc(-c3nc(-c4ccccc4)cc(-c4ccc5c(ccc6ccccc65)c4)n3)cc2)cc1. The molecule has 0 fully saturated rings. The molecule has 6 aromatic carbocycles. The fourth-order valence-electron chi connectivity index (χ4n) is 5.10. The molecule has 0 spiro atoms. The van der Waals surface area contributed by atoms with E-state index in [2.05, 4.69) is 121 Å². The van der Waals surface area contributed by atoms with Crippen molar-refractivity contribution in [2.75, 3.05) is 0 Å². The van der Waals surface area contributed by atoms with Crippen molar-refractivity contribution in [3.05, 3.63) is 146 Å². The van der Waals surface area contributed by atoms with Crippen molar-refractivity contribution < 1.29 is 0 Å². The van der Waals surface area contributed by atoms with E-state index >= 15 is 0 Å². The molecule has 0 saturated carbocycles. The van der Waals surface area contributed by atoms with Gasteiger partial charge in [0.15, 0.2) is 5.82 Å². The van der Waals surface area contributed by atoms with Crippen molar-refractivity contribution >= 4 is 21.5 Å². The highest BCUT2D eigenvalue weighted by molar-refractivity contribution is 6.08. The summed E-state index contributed by atoms with van der Waals surface area (Å²) in [4.78, 5) is 10.1.